The summed E-state index contributed by atoms with van der Waals surface area (Å²) in [7, 11) is 0. The lowest BCUT2D eigenvalue weighted by molar-refractivity contribution is -0.149. The second-order valence-electron chi connectivity index (χ2n) is 9.58. The van der Waals surface area contributed by atoms with Crippen LogP contribution in [0.15, 0.2) is 12.2 Å². The van der Waals surface area contributed by atoms with Gasteiger partial charge < -0.3 is 14.9 Å². The third-order valence-electron chi connectivity index (χ3n) is 6.60. The number of aliphatic hydroxyl groups excluding tert-OH is 2. The van der Waals surface area contributed by atoms with E-state index in [1.807, 2.05) is 6.92 Å². The molecule has 0 heterocycles. The fourth-order valence-electron chi connectivity index (χ4n) is 3.82. The minimum atomic E-state index is -0.695. The van der Waals surface area contributed by atoms with Crippen molar-refractivity contribution in [3.05, 3.63) is 12.2 Å². The zero-order valence-electron chi connectivity index (χ0n) is 21.4. The van der Waals surface area contributed by atoms with Crippen LogP contribution in [0.25, 0.3) is 0 Å². The van der Waals surface area contributed by atoms with Crippen molar-refractivity contribution >= 4 is 5.97 Å². The van der Waals surface area contributed by atoms with Gasteiger partial charge in [0.1, 0.15) is 6.61 Å². The van der Waals surface area contributed by atoms with E-state index in [2.05, 4.69) is 19.1 Å². The predicted octanol–water partition coefficient (Wildman–Crippen LogP) is 7.51. The molecule has 4 nitrogen and oxygen atoms in total. The van der Waals surface area contributed by atoms with Crippen molar-refractivity contribution in [3.8, 4) is 0 Å². The molecule has 0 aromatic carbocycles. The molecule has 0 rings (SSSR count). The molecule has 0 bridgehead atoms. The van der Waals surface area contributed by atoms with E-state index < -0.39 is 5.41 Å². The van der Waals surface area contributed by atoms with Gasteiger partial charge in [-0.05, 0) is 38.5 Å². The van der Waals surface area contributed by atoms with Crippen LogP contribution in [0.1, 0.15) is 136 Å². The van der Waals surface area contributed by atoms with Crippen LogP contribution in [0.4, 0.5) is 0 Å². The topological polar surface area (TPSA) is 66.8 Å². The smallest absolute Gasteiger partial charge is 0.305 e. The summed E-state index contributed by atoms with van der Waals surface area (Å²) in [6.07, 6.45) is 27.6. The molecule has 0 aliphatic carbocycles. The summed E-state index contributed by atoms with van der Waals surface area (Å²) in [5, 5.41) is 18.8. The predicted molar refractivity (Wildman–Crippen MR) is 136 cm³/mol. The Hall–Kier alpha value is -0.870. The van der Waals surface area contributed by atoms with E-state index in [1.165, 1.54) is 96.3 Å². The number of hydrogen-bond donors (Lipinski definition) is 2. The minimum absolute atomic E-state index is 0.101. The summed E-state index contributed by atoms with van der Waals surface area (Å²) < 4.78 is 5.25. The van der Waals surface area contributed by atoms with Gasteiger partial charge in [-0.3, -0.25) is 4.79 Å². The Balaban J connectivity index is 3.36. The van der Waals surface area contributed by atoms with Gasteiger partial charge in [-0.1, -0.05) is 103 Å². The molecule has 190 valence electrons. The summed E-state index contributed by atoms with van der Waals surface area (Å²) in [6, 6.07) is 0. The molecular formula is C28H54O4. The molecule has 4 heteroatoms. The van der Waals surface area contributed by atoms with Crippen molar-refractivity contribution in [1.29, 1.82) is 0 Å². The molecule has 0 aliphatic heterocycles. The summed E-state index contributed by atoms with van der Waals surface area (Å²) in [5.41, 5.74) is -0.695. The van der Waals surface area contributed by atoms with E-state index in [0.717, 1.165) is 12.8 Å². The molecule has 0 amide bonds. The van der Waals surface area contributed by atoms with Crippen LogP contribution in [-0.4, -0.2) is 36.0 Å². The van der Waals surface area contributed by atoms with Gasteiger partial charge in [0.2, 0.25) is 0 Å². The maximum atomic E-state index is 11.8. The fourth-order valence-corrected chi connectivity index (χ4v) is 3.82. The lowest BCUT2D eigenvalue weighted by Gasteiger charge is -2.27. The first kappa shape index (κ1) is 31.1. The third-order valence-corrected chi connectivity index (χ3v) is 6.60. The van der Waals surface area contributed by atoms with Crippen molar-refractivity contribution in [2.75, 3.05) is 19.8 Å². The van der Waals surface area contributed by atoms with Crippen molar-refractivity contribution in [1.82, 2.24) is 0 Å². The summed E-state index contributed by atoms with van der Waals surface area (Å²) >= 11 is 0. The number of aliphatic hydroxyl groups is 2. The number of unbranched alkanes of at least 4 members (excludes halogenated alkanes) is 15. The van der Waals surface area contributed by atoms with Gasteiger partial charge in [0.05, 0.1) is 18.6 Å². The molecule has 0 aromatic heterocycles. The number of rotatable bonds is 24. The van der Waals surface area contributed by atoms with Crippen molar-refractivity contribution in [3.63, 3.8) is 0 Å². The zero-order valence-corrected chi connectivity index (χ0v) is 21.4. The number of esters is 1. The molecule has 0 unspecified atom stereocenters. The molecule has 0 spiro atoms. The van der Waals surface area contributed by atoms with Crippen LogP contribution in [0.3, 0.4) is 0 Å². The fraction of sp³-hybridized carbons (Fsp3) is 0.893. The lowest BCUT2D eigenvalue weighted by atomic mass is 9.88. The second-order valence-corrected chi connectivity index (χ2v) is 9.58. The molecule has 0 aliphatic rings. The SMILES string of the molecule is CCCCCCCCC=CCCCCCCCCCCCC(=O)OCC(CC)(CO)CO. The third kappa shape index (κ3) is 18.7. The van der Waals surface area contributed by atoms with Gasteiger partial charge in [-0.15, -0.1) is 0 Å². The number of ether oxygens (including phenoxy) is 1. The van der Waals surface area contributed by atoms with E-state index in [-0.39, 0.29) is 25.8 Å². The molecule has 32 heavy (non-hydrogen) atoms. The highest BCUT2D eigenvalue weighted by molar-refractivity contribution is 5.69. The Labute approximate surface area is 199 Å². The Morgan fingerprint density at radius 3 is 1.56 bits per heavy atom. The van der Waals surface area contributed by atoms with Crippen molar-refractivity contribution < 1.29 is 19.7 Å². The highest BCUT2D eigenvalue weighted by atomic mass is 16.5. The number of allylic oxidation sites excluding steroid dienone is 2. The molecule has 0 saturated heterocycles. The van der Waals surface area contributed by atoms with Crippen LogP contribution in [0, 0.1) is 5.41 Å². The molecule has 0 radical (unpaired) electrons. The van der Waals surface area contributed by atoms with E-state index >= 15 is 0 Å². The average molecular weight is 455 g/mol. The summed E-state index contributed by atoms with van der Waals surface area (Å²) in [5.74, 6) is -0.217. The van der Waals surface area contributed by atoms with Gasteiger partial charge in [-0.2, -0.15) is 0 Å². The Kier molecular flexibility index (Phi) is 22.7. The highest BCUT2D eigenvalue weighted by Crippen LogP contribution is 2.21. The van der Waals surface area contributed by atoms with Crippen molar-refractivity contribution in [2.24, 2.45) is 5.41 Å². The zero-order chi connectivity index (χ0) is 23.8. The van der Waals surface area contributed by atoms with Crippen molar-refractivity contribution in [2.45, 2.75) is 136 Å². The van der Waals surface area contributed by atoms with Crippen LogP contribution >= 0.6 is 0 Å². The molecular weight excluding hydrogens is 400 g/mol. The summed E-state index contributed by atoms with van der Waals surface area (Å²) in [4.78, 5) is 11.8. The van der Waals surface area contributed by atoms with E-state index in [9.17, 15) is 15.0 Å². The van der Waals surface area contributed by atoms with E-state index in [1.54, 1.807) is 0 Å². The Morgan fingerprint density at radius 1 is 0.688 bits per heavy atom. The largest absolute Gasteiger partial charge is 0.465 e. The van der Waals surface area contributed by atoms with Gasteiger partial charge in [0.25, 0.3) is 0 Å². The Bertz CT molecular complexity index is 421. The molecule has 2 N–H and O–H groups in total. The normalized spacial score (nSPS) is 12.0. The first-order valence-corrected chi connectivity index (χ1v) is 13.7. The number of hydrogen-bond acceptors (Lipinski definition) is 4. The molecule has 0 atom stereocenters. The first-order chi connectivity index (χ1) is 15.6. The molecule has 0 fully saturated rings. The monoisotopic (exact) mass is 454 g/mol. The number of carbonyl (C=O) groups is 1. The van der Waals surface area contributed by atoms with Gasteiger partial charge >= 0.3 is 5.97 Å². The standard InChI is InChI=1S/C28H54O4/c1-3-5-6-7-8-9-10-11-12-13-14-15-16-17-18-19-20-21-22-23-27(31)32-26-28(4-2,24-29)25-30/h11-12,29-30H,3-10,13-26H2,1-2H3. The maximum Gasteiger partial charge on any atom is 0.305 e. The lowest BCUT2D eigenvalue weighted by Crippen LogP contribution is -2.35. The van der Waals surface area contributed by atoms with Crippen LogP contribution in [0.2, 0.25) is 0 Å². The summed E-state index contributed by atoms with van der Waals surface area (Å²) in [6.45, 7) is 3.93. The second kappa shape index (κ2) is 23.3. The van der Waals surface area contributed by atoms with Gasteiger partial charge in [-0.25, -0.2) is 0 Å². The van der Waals surface area contributed by atoms with Crippen LogP contribution in [0.5, 0.6) is 0 Å². The Morgan fingerprint density at radius 2 is 1.12 bits per heavy atom. The first-order valence-electron chi connectivity index (χ1n) is 13.7. The molecule has 0 saturated carbocycles. The maximum absolute atomic E-state index is 11.8. The van der Waals surface area contributed by atoms with E-state index in [4.69, 9.17) is 4.74 Å². The van der Waals surface area contributed by atoms with E-state index in [0.29, 0.717) is 12.8 Å². The van der Waals surface area contributed by atoms with Gasteiger partial charge in [0, 0.05) is 6.42 Å². The van der Waals surface area contributed by atoms with Crippen LogP contribution in [-0.2, 0) is 9.53 Å². The van der Waals surface area contributed by atoms with Gasteiger partial charge in [0.15, 0.2) is 0 Å². The number of carbonyl (C=O) groups excluding carboxylic acids is 1. The highest BCUT2D eigenvalue weighted by Gasteiger charge is 2.28. The quantitative estimate of drug-likeness (QED) is 0.0899. The van der Waals surface area contributed by atoms with Crippen LogP contribution < -0.4 is 0 Å². The average Bonchev–Trinajstić information content (AvgIpc) is 2.82. The molecule has 0 aromatic rings. The minimum Gasteiger partial charge on any atom is -0.465 e.